The fraction of sp³-hybridized carbons (Fsp3) is 0.180. The molecule has 18 heteroatoms. The Morgan fingerprint density at radius 3 is 1.49 bits per heavy atom. The van der Waals surface area contributed by atoms with Crippen molar-refractivity contribution in [3.63, 3.8) is 0 Å². The van der Waals surface area contributed by atoms with E-state index in [9.17, 15) is 14.4 Å². The summed E-state index contributed by atoms with van der Waals surface area (Å²) in [7, 11) is 3.75. The van der Waals surface area contributed by atoms with Crippen molar-refractivity contribution in [2.75, 3.05) is 36.9 Å². The van der Waals surface area contributed by atoms with Crippen LogP contribution < -0.4 is 31.2 Å². The molecule has 0 unspecified atom stereocenters. The number of carbonyl (C=O) groups is 3. The topological polar surface area (TPSA) is 228 Å². The van der Waals surface area contributed by atoms with Crippen LogP contribution in [0, 0.1) is 24.7 Å². The Morgan fingerprint density at radius 2 is 1.10 bits per heavy atom. The molecule has 0 fully saturated rings. The van der Waals surface area contributed by atoms with E-state index in [1.54, 1.807) is 34.2 Å². The number of esters is 2. The predicted octanol–water partition coefficient (Wildman–Crippen LogP) is 6.46. The van der Waals surface area contributed by atoms with Crippen LogP contribution in [0.5, 0.6) is 11.5 Å². The maximum Gasteiger partial charge on any atom is 0.310 e. The molecule has 0 aliphatic carbocycles. The second-order valence-electron chi connectivity index (χ2n) is 14.8. The number of aromatic nitrogens is 8. The molecule has 5 N–H and O–H groups in total. The molecule has 4 aromatic heterocycles. The largest absolute Gasteiger partial charge is 0.492 e. The van der Waals surface area contributed by atoms with E-state index >= 15 is 0 Å². The number of hydrogen-bond acceptors (Lipinski definition) is 15. The summed E-state index contributed by atoms with van der Waals surface area (Å²) in [5.41, 5.74) is 14.2. The van der Waals surface area contributed by atoms with E-state index in [1.807, 2.05) is 99.3 Å². The summed E-state index contributed by atoms with van der Waals surface area (Å²) < 4.78 is 19.1. The number of nitrogens with one attached hydrogen (secondary N) is 3. The Hall–Kier alpha value is -9.13. The van der Waals surface area contributed by atoms with Gasteiger partial charge in [0, 0.05) is 123 Å². The molecule has 68 heavy (non-hydrogen) atoms. The van der Waals surface area contributed by atoms with Gasteiger partial charge in [0.25, 0.3) is 0 Å². The molecule has 0 bridgehead atoms. The van der Waals surface area contributed by atoms with E-state index in [2.05, 4.69) is 62.7 Å². The van der Waals surface area contributed by atoms with Gasteiger partial charge in [0.05, 0.1) is 30.0 Å². The third-order valence-corrected chi connectivity index (χ3v) is 9.31. The molecule has 0 atom stereocenters. The minimum Gasteiger partial charge on any atom is -0.492 e. The van der Waals surface area contributed by atoms with Crippen molar-refractivity contribution in [3.8, 4) is 58.4 Å². The van der Waals surface area contributed by atoms with E-state index < -0.39 is 11.9 Å². The number of fused-ring (bicyclic) bond motifs is 2. The number of terminal acetylenes is 2. The lowest BCUT2D eigenvalue weighted by Crippen LogP contribution is -2.25. The fourth-order valence-corrected chi connectivity index (χ4v) is 6.38. The van der Waals surface area contributed by atoms with E-state index in [0.717, 1.165) is 66.6 Å². The lowest BCUT2D eigenvalue weighted by molar-refractivity contribution is -0.156. The van der Waals surface area contributed by atoms with E-state index in [4.69, 9.17) is 28.1 Å². The standard InChI is InChI=1S/C24H22N6O2.C22H20N6O.C4H6O3/c1-4-17-5-6-23-19(9-17)13-26-24(29-23)28-21-10-18(20-14-27-30(3)15-20)11-22(12-21)32-8-7-25-16(2)31;1-3-15-4-5-21-17(8-15)12-24-22(27-21)26-19-9-16(18-13-25-28(2)14-18)10-20(11-19)29-7-6-23;1-3(5)7-4(2)6/h1,5-6,9-15H,7-8H2,2-3H3,(H,25,31)(H,26,28,29);1,4-5,8-14H,6-7,23H2,2H3,(H,24,26,27);1-2H3. The molecule has 0 saturated carbocycles. The lowest BCUT2D eigenvalue weighted by atomic mass is 10.1. The van der Waals surface area contributed by atoms with Crippen LogP contribution in [0.1, 0.15) is 31.9 Å². The van der Waals surface area contributed by atoms with Gasteiger partial charge >= 0.3 is 11.9 Å². The molecule has 1 amide bonds. The normalized spacial score (nSPS) is 10.3. The van der Waals surface area contributed by atoms with Crippen molar-refractivity contribution in [1.82, 2.24) is 44.8 Å². The van der Waals surface area contributed by atoms with Crippen molar-refractivity contribution in [3.05, 3.63) is 121 Å². The molecule has 8 aromatic rings. The molecular weight excluding hydrogens is 865 g/mol. The zero-order valence-corrected chi connectivity index (χ0v) is 38.0. The van der Waals surface area contributed by atoms with E-state index in [-0.39, 0.29) is 5.91 Å². The van der Waals surface area contributed by atoms with Crippen molar-refractivity contribution >= 4 is 62.9 Å². The summed E-state index contributed by atoms with van der Waals surface area (Å²) in [6, 6.07) is 22.9. The van der Waals surface area contributed by atoms with Crippen molar-refractivity contribution in [2.24, 2.45) is 19.8 Å². The minimum atomic E-state index is -0.562. The monoisotopic (exact) mass is 912 g/mol. The maximum atomic E-state index is 11.1. The van der Waals surface area contributed by atoms with Gasteiger partial charge in [0.15, 0.2) is 0 Å². The average molecular weight is 913 g/mol. The molecule has 8 rings (SSSR count). The molecule has 4 heterocycles. The smallest absolute Gasteiger partial charge is 0.310 e. The summed E-state index contributed by atoms with van der Waals surface area (Å²) in [5.74, 6) is 6.32. The molecule has 18 nitrogen and oxygen atoms in total. The summed E-state index contributed by atoms with van der Waals surface area (Å²) in [6.45, 7) is 5.47. The van der Waals surface area contributed by atoms with E-state index in [0.29, 0.717) is 49.7 Å². The Kier molecular flexibility index (Phi) is 16.5. The highest BCUT2D eigenvalue weighted by Crippen LogP contribution is 2.31. The number of carbonyl (C=O) groups excluding carboxylic acids is 3. The maximum absolute atomic E-state index is 11.1. The molecular formula is C50H48N12O6. The van der Waals surface area contributed by atoms with Crippen LogP contribution in [-0.4, -0.2) is 83.6 Å². The predicted molar refractivity (Wildman–Crippen MR) is 260 cm³/mol. The number of hydrogen-bond donors (Lipinski definition) is 4. The van der Waals surface area contributed by atoms with Crippen LogP contribution in [0.4, 0.5) is 23.3 Å². The third-order valence-electron chi connectivity index (χ3n) is 9.31. The van der Waals surface area contributed by atoms with Crippen LogP contribution in [0.2, 0.25) is 0 Å². The van der Waals surface area contributed by atoms with Crippen LogP contribution in [0.25, 0.3) is 44.1 Å². The first kappa shape index (κ1) is 48.3. The Balaban J connectivity index is 0.000000197. The molecule has 0 aliphatic heterocycles. The van der Waals surface area contributed by atoms with Crippen LogP contribution in [-0.2, 0) is 33.2 Å². The zero-order valence-electron chi connectivity index (χ0n) is 38.0. The number of ether oxygens (including phenoxy) is 3. The molecule has 0 saturated heterocycles. The number of rotatable bonds is 13. The number of nitrogens with zero attached hydrogens (tertiary/aromatic N) is 8. The third kappa shape index (κ3) is 14.2. The highest BCUT2D eigenvalue weighted by atomic mass is 16.6. The highest BCUT2D eigenvalue weighted by Gasteiger charge is 2.11. The van der Waals surface area contributed by atoms with Gasteiger partial charge in [-0.05, 0) is 71.8 Å². The van der Waals surface area contributed by atoms with Crippen molar-refractivity contribution < 1.29 is 28.6 Å². The van der Waals surface area contributed by atoms with Crippen molar-refractivity contribution in [2.45, 2.75) is 20.8 Å². The van der Waals surface area contributed by atoms with Gasteiger partial charge < -0.3 is 35.9 Å². The number of benzene rings is 4. The van der Waals surface area contributed by atoms with Gasteiger partial charge in [-0.15, -0.1) is 12.8 Å². The number of anilines is 4. The van der Waals surface area contributed by atoms with Gasteiger partial charge in [-0.25, -0.2) is 19.9 Å². The van der Waals surface area contributed by atoms with E-state index in [1.165, 1.54) is 20.8 Å². The summed E-state index contributed by atoms with van der Waals surface area (Å²) >= 11 is 0. The first-order chi connectivity index (χ1) is 32.8. The first-order valence-corrected chi connectivity index (χ1v) is 21.0. The fourth-order valence-electron chi connectivity index (χ4n) is 6.38. The quantitative estimate of drug-likeness (QED) is 0.0421. The van der Waals surface area contributed by atoms with Gasteiger partial charge in [0.1, 0.15) is 24.7 Å². The van der Waals surface area contributed by atoms with Gasteiger partial charge in [-0.2, -0.15) is 10.2 Å². The zero-order chi connectivity index (χ0) is 48.6. The molecule has 0 aliphatic rings. The van der Waals surface area contributed by atoms with Gasteiger partial charge in [-0.1, -0.05) is 11.8 Å². The summed E-state index contributed by atoms with van der Waals surface area (Å²) in [4.78, 5) is 48.7. The number of aryl methyl sites for hydroxylation is 2. The molecule has 0 spiro atoms. The summed E-state index contributed by atoms with van der Waals surface area (Å²) in [6.07, 6.45) is 21.9. The van der Waals surface area contributed by atoms with Gasteiger partial charge in [-0.3, -0.25) is 23.7 Å². The van der Waals surface area contributed by atoms with Crippen molar-refractivity contribution in [1.29, 1.82) is 0 Å². The Labute approximate surface area is 392 Å². The highest BCUT2D eigenvalue weighted by molar-refractivity contribution is 5.83. The average Bonchev–Trinajstić information content (AvgIpc) is 3.97. The Morgan fingerprint density at radius 1 is 0.632 bits per heavy atom. The summed E-state index contributed by atoms with van der Waals surface area (Å²) in [5, 5.41) is 19.5. The van der Waals surface area contributed by atoms with Crippen LogP contribution >= 0.6 is 0 Å². The second kappa shape index (κ2) is 23.2. The lowest BCUT2D eigenvalue weighted by Gasteiger charge is -2.12. The van der Waals surface area contributed by atoms with Crippen LogP contribution in [0.3, 0.4) is 0 Å². The van der Waals surface area contributed by atoms with Gasteiger partial charge in [0.2, 0.25) is 17.8 Å². The molecule has 4 aromatic carbocycles. The van der Waals surface area contributed by atoms with Crippen LogP contribution in [0.15, 0.2) is 110 Å². The number of amides is 1. The molecule has 0 radical (unpaired) electrons. The SMILES string of the molecule is C#Cc1ccc2nc(Nc3cc(OCCN)cc(-c4cnn(C)c4)c3)ncc2c1.C#Cc1ccc2nc(Nc3cc(OCCNC(C)=O)cc(-c4cnn(C)c4)c3)ncc2c1.CC(=O)OC(C)=O. The first-order valence-electron chi connectivity index (χ1n) is 21.0. The minimum absolute atomic E-state index is 0.0946. The number of nitrogens with two attached hydrogens (primary N) is 1. The second-order valence-corrected chi connectivity index (χ2v) is 14.8. The Bertz CT molecular complexity index is 3160. The molecule has 344 valence electrons.